The first-order valence-corrected chi connectivity index (χ1v) is 25.6. The number of fused-ring (bicyclic) bond motifs is 1. The van der Waals surface area contributed by atoms with E-state index < -0.39 is 47.3 Å². The molecule has 2 aromatic carbocycles. The molecule has 64 heavy (non-hydrogen) atoms. The van der Waals surface area contributed by atoms with Gasteiger partial charge in [-0.05, 0) is 91.1 Å². The average Bonchev–Trinajstić information content (AvgIpc) is 3.42. The monoisotopic (exact) mass is 958 g/mol. The molecule has 0 spiro atoms. The molecule has 0 radical (unpaired) electrons. The van der Waals surface area contributed by atoms with Gasteiger partial charge in [-0.3, -0.25) is 13.7 Å². The van der Waals surface area contributed by atoms with Gasteiger partial charge in [-0.25, -0.2) is 0 Å². The maximum atomic E-state index is 12.2. The van der Waals surface area contributed by atoms with Crippen LogP contribution in [0.15, 0.2) is 83.4 Å². The van der Waals surface area contributed by atoms with Crippen LogP contribution >= 0.6 is 0 Å². The molecule has 0 bridgehead atoms. The van der Waals surface area contributed by atoms with E-state index in [1.165, 1.54) is 18.2 Å². The number of ether oxygens (including phenoxy) is 4. The summed E-state index contributed by atoms with van der Waals surface area (Å²) >= 11 is 0. The second kappa shape index (κ2) is 24.7. The molecule has 0 aromatic heterocycles. The Labute approximate surface area is 379 Å². The zero-order chi connectivity index (χ0) is 47.8. The van der Waals surface area contributed by atoms with Crippen LogP contribution in [0.1, 0.15) is 64.5 Å². The van der Waals surface area contributed by atoms with Gasteiger partial charge in [0.2, 0.25) is 0 Å². The number of methoxy groups -OCH3 is 1. The highest BCUT2D eigenvalue weighted by Gasteiger charge is 2.43. The molecule has 5 N–H and O–H groups in total. The zero-order valence-electron chi connectivity index (χ0n) is 37.4. The minimum atomic E-state index is -4.59. The highest BCUT2D eigenvalue weighted by Crippen LogP contribution is 2.51. The molecule has 0 saturated heterocycles. The largest absolute Gasteiger partial charge is 0.507 e. The molecule has 1 heterocycles. The third-order valence-electron chi connectivity index (χ3n) is 10.6. The fourth-order valence-electron chi connectivity index (χ4n) is 7.02. The molecular formula is C44H66N2O15S3. The second-order valence-corrected chi connectivity index (χ2v) is 21.1. The normalized spacial score (nSPS) is 16.9. The van der Waals surface area contributed by atoms with Crippen molar-refractivity contribution in [1.82, 2.24) is 0 Å². The maximum absolute atomic E-state index is 12.2. The van der Waals surface area contributed by atoms with E-state index >= 15 is 0 Å². The molecule has 0 aliphatic carbocycles. The number of aromatic hydroxyl groups is 1. The van der Waals surface area contributed by atoms with Crippen molar-refractivity contribution in [3.63, 3.8) is 0 Å². The molecule has 2 aromatic rings. The number of benzene rings is 2. The number of hydrogen-bond acceptors (Lipinski definition) is 14. The van der Waals surface area contributed by atoms with E-state index in [0.717, 1.165) is 5.57 Å². The van der Waals surface area contributed by atoms with Gasteiger partial charge in [0.15, 0.2) is 0 Å². The van der Waals surface area contributed by atoms with Gasteiger partial charge in [0.25, 0.3) is 30.4 Å². The smallest absolute Gasteiger partial charge is 0.294 e. The van der Waals surface area contributed by atoms with E-state index in [9.17, 15) is 49.1 Å². The summed E-state index contributed by atoms with van der Waals surface area (Å²) in [6, 6.07) is 9.21. The van der Waals surface area contributed by atoms with Crippen LogP contribution in [0.4, 0.5) is 11.4 Å². The first-order chi connectivity index (χ1) is 29.9. The lowest BCUT2D eigenvalue weighted by molar-refractivity contribution is 0.00455. The molecule has 20 heteroatoms. The molecule has 1 aliphatic heterocycles. The zero-order valence-corrected chi connectivity index (χ0v) is 39.9. The summed E-state index contributed by atoms with van der Waals surface area (Å²) in [6.45, 7) is 15.3. The summed E-state index contributed by atoms with van der Waals surface area (Å²) in [5.41, 5.74) is 2.72. The van der Waals surface area contributed by atoms with Gasteiger partial charge in [0.05, 0.1) is 62.6 Å². The average molecular weight is 959 g/mol. The summed E-state index contributed by atoms with van der Waals surface area (Å²) in [5, 5.41) is 21.5. The van der Waals surface area contributed by atoms with Crippen molar-refractivity contribution in [2.24, 2.45) is 5.41 Å². The minimum absolute atomic E-state index is 0.0193. The highest BCUT2D eigenvalue weighted by atomic mass is 32.2. The number of phenolic OH excluding ortho intramolecular Hbond substituents is 1. The number of hydrogen-bond donors (Lipinski definition) is 5. The minimum Gasteiger partial charge on any atom is -0.507 e. The van der Waals surface area contributed by atoms with Gasteiger partial charge in [-0.2, -0.15) is 25.3 Å². The predicted octanol–water partition coefficient (Wildman–Crippen LogP) is 5.67. The molecular weight excluding hydrogens is 893 g/mol. The van der Waals surface area contributed by atoms with E-state index in [2.05, 4.69) is 6.58 Å². The summed E-state index contributed by atoms with van der Waals surface area (Å²) in [5.74, 6) is -1.09. The Hall–Kier alpha value is -3.67. The molecule has 1 aliphatic rings. The number of phenols is 1. The van der Waals surface area contributed by atoms with Crippen molar-refractivity contribution in [3.8, 4) is 5.75 Å². The molecule has 0 saturated carbocycles. The van der Waals surface area contributed by atoms with Gasteiger partial charge in [-0.1, -0.05) is 45.6 Å². The quantitative estimate of drug-likeness (QED) is 0.0374. The van der Waals surface area contributed by atoms with E-state index in [1.807, 2.05) is 43.6 Å². The van der Waals surface area contributed by atoms with Crippen molar-refractivity contribution in [1.29, 1.82) is 0 Å². The molecule has 360 valence electrons. The second-order valence-electron chi connectivity index (χ2n) is 16.5. The van der Waals surface area contributed by atoms with Crippen LogP contribution in [0.5, 0.6) is 5.75 Å². The van der Waals surface area contributed by atoms with Crippen molar-refractivity contribution < 1.29 is 68.1 Å². The molecule has 0 amide bonds. The van der Waals surface area contributed by atoms with E-state index in [1.54, 1.807) is 43.5 Å². The third kappa shape index (κ3) is 17.6. The number of allylic oxidation sites excluding steroid dienone is 7. The van der Waals surface area contributed by atoms with Crippen molar-refractivity contribution in [2.75, 3.05) is 101 Å². The van der Waals surface area contributed by atoms with Crippen LogP contribution < -0.4 is 9.80 Å². The van der Waals surface area contributed by atoms with Crippen molar-refractivity contribution in [3.05, 3.63) is 89.7 Å². The van der Waals surface area contributed by atoms with Gasteiger partial charge >= 0.3 is 0 Å². The SMILES string of the molecule is C=C(/C=C(/C=C/C=C1\N(CCCS(=O)(=O)O)c2ccc(S(=O)(=O)O)cc2C1(C)CCCO)c1ccc(N(CCCS(=O)(=O)O)CCOCCOCCOCCOC)cc1O)C(C)(C)C. The fourth-order valence-corrected chi connectivity index (χ4v) is 8.52. The number of aliphatic hydroxyl groups is 1. The number of anilines is 2. The molecule has 1 unspecified atom stereocenters. The molecule has 3 rings (SSSR count). The number of aliphatic hydroxyl groups excluding tert-OH is 1. The lowest BCUT2D eigenvalue weighted by atomic mass is 9.77. The van der Waals surface area contributed by atoms with Gasteiger partial charge in [0.1, 0.15) is 5.75 Å². The molecule has 1 atom stereocenters. The van der Waals surface area contributed by atoms with Gasteiger partial charge < -0.3 is 39.0 Å². The first-order valence-electron chi connectivity index (χ1n) is 20.9. The Morgan fingerprint density at radius 3 is 2.00 bits per heavy atom. The molecule has 0 fully saturated rings. The Morgan fingerprint density at radius 2 is 1.44 bits per heavy atom. The van der Waals surface area contributed by atoms with Crippen molar-refractivity contribution >= 4 is 47.3 Å². The maximum Gasteiger partial charge on any atom is 0.294 e. The summed E-state index contributed by atoms with van der Waals surface area (Å²) < 4.78 is 121. The summed E-state index contributed by atoms with van der Waals surface area (Å²) in [7, 11) is -11.5. The molecule has 17 nitrogen and oxygen atoms in total. The Bertz CT molecular complexity index is 2290. The van der Waals surface area contributed by atoms with E-state index in [0.29, 0.717) is 92.8 Å². The highest BCUT2D eigenvalue weighted by molar-refractivity contribution is 7.86. The Balaban J connectivity index is 2.02. The topological polar surface area (TPSA) is 247 Å². The van der Waals surface area contributed by atoms with Crippen LogP contribution in [0.25, 0.3) is 5.57 Å². The van der Waals surface area contributed by atoms with Crippen LogP contribution in [0.2, 0.25) is 0 Å². The van der Waals surface area contributed by atoms with E-state index in [4.69, 9.17) is 18.9 Å². The first kappa shape index (κ1) is 54.7. The Kier molecular flexibility index (Phi) is 21.1. The van der Waals surface area contributed by atoms with Crippen molar-refractivity contribution in [2.45, 2.75) is 63.7 Å². The lowest BCUT2D eigenvalue weighted by Crippen LogP contribution is -2.30. The van der Waals surface area contributed by atoms with Crippen LogP contribution in [-0.2, 0) is 54.7 Å². The standard InChI is InChI=1S/C44H66N2O15S3/c1-34(43(2,3)4)31-35(38-15-13-36(32-41(38)48)45(18-9-29-62(49,50)51)20-22-59-25-26-61-28-27-60-24-23-58-6)11-7-12-42-44(5,17-8-21-47)39-33-37(64(55,56)57)14-16-40(39)46(42)19-10-30-63(52,53)54/h7,11-16,31-33,47-48H,1,8-10,17-30H2,2-6H3,(H,49,50,51)(H,52,53,54)(H,55,56,57)/b11-7+,35-31-,42-12-. The predicted molar refractivity (Wildman–Crippen MR) is 248 cm³/mol. The van der Waals surface area contributed by atoms with Gasteiger partial charge in [-0.15, -0.1) is 0 Å². The van der Waals surface area contributed by atoms with Crippen LogP contribution in [-0.4, -0.2) is 140 Å². The summed E-state index contributed by atoms with van der Waals surface area (Å²) in [6.07, 6.45) is 7.92. The number of rotatable bonds is 29. The third-order valence-corrected chi connectivity index (χ3v) is 13.1. The van der Waals surface area contributed by atoms with Gasteiger partial charge in [0, 0.05) is 67.5 Å². The Morgan fingerprint density at radius 1 is 0.828 bits per heavy atom. The van der Waals surface area contributed by atoms with Crippen LogP contribution in [0.3, 0.4) is 0 Å². The van der Waals surface area contributed by atoms with E-state index in [-0.39, 0.29) is 55.2 Å². The number of nitrogens with zero attached hydrogens (tertiary/aromatic N) is 2. The van der Waals surface area contributed by atoms with Crippen LogP contribution in [0, 0.1) is 5.41 Å². The fraction of sp³-hybridized carbons (Fsp3) is 0.545. The lowest BCUT2D eigenvalue weighted by Gasteiger charge is -2.30. The summed E-state index contributed by atoms with van der Waals surface area (Å²) in [4.78, 5) is 3.34.